The van der Waals surface area contributed by atoms with E-state index in [-0.39, 0.29) is 0 Å². The lowest BCUT2D eigenvalue weighted by Gasteiger charge is -2.10. The molecule has 4 heteroatoms. The van der Waals surface area contributed by atoms with E-state index in [0.717, 1.165) is 28.3 Å². The molecule has 0 radical (unpaired) electrons. The Labute approximate surface area is 116 Å². The Hall–Kier alpha value is -1.29. The number of carbonyl (C=O) groups is 1. The van der Waals surface area contributed by atoms with Gasteiger partial charge in [0.05, 0.1) is 11.1 Å². The summed E-state index contributed by atoms with van der Waals surface area (Å²) in [6.45, 7) is 4.98. The molecule has 0 spiro atoms. The van der Waals surface area contributed by atoms with Crippen LogP contribution in [0.1, 0.15) is 25.8 Å². The van der Waals surface area contributed by atoms with Crippen molar-refractivity contribution in [2.24, 2.45) is 5.92 Å². The second-order valence-electron chi connectivity index (χ2n) is 4.39. The zero-order valence-corrected chi connectivity index (χ0v) is 12.1. The Bertz CT molecular complexity index is 439. The van der Waals surface area contributed by atoms with Crippen molar-refractivity contribution in [3.63, 3.8) is 0 Å². The highest BCUT2D eigenvalue weighted by molar-refractivity contribution is 9.10. The third kappa shape index (κ3) is 5.36. The first-order valence-corrected chi connectivity index (χ1v) is 6.61. The Balaban J connectivity index is 2.65. The predicted octanol–water partition coefficient (Wildman–Crippen LogP) is 3.97. The molecule has 0 amide bonds. The summed E-state index contributed by atoms with van der Waals surface area (Å²) in [6, 6.07) is 5.50. The number of hydrogen-bond donors (Lipinski definition) is 1. The SMILES string of the molecule is CC(C)CCOc1ccc(C=CC(=O)O)cc1Br. The first-order valence-electron chi connectivity index (χ1n) is 5.82. The number of halogens is 1. The number of carboxylic acids is 1. The van der Waals surface area contributed by atoms with E-state index >= 15 is 0 Å². The van der Waals surface area contributed by atoms with E-state index in [9.17, 15) is 4.79 Å². The van der Waals surface area contributed by atoms with Crippen LogP contribution < -0.4 is 4.74 Å². The summed E-state index contributed by atoms with van der Waals surface area (Å²) in [6.07, 6.45) is 3.67. The second kappa shape index (κ2) is 7.21. The molecule has 0 saturated carbocycles. The fourth-order valence-electron chi connectivity index (χ4n) is 1.31. The summed E-state index contributed by atoms with van der Waals surface area (Å²) in [5.74, 6) is 0.438. The Kier molecular flexibility index (Phi) is 5.92. The van der Waals surface area contributed by atoms with Crippen molar-refractivity contribution in [2.45, 2.75) is 20.3 Å². The second-order valence-corrected chi connectivity index (χ2v) is 5.25. The van der Waals surface area contributed by atoms with Gasteiger partial charge in [0, 0.05) is 6.08 Å². The fourth-order valence-corrected chi connectivity index (χ4v) is 1.82. The van der Waals surface area contributed by atoms with Crippen LogP contribution in [0.25, 0.3) is 6.08 Å². The molecule has 0 aromatic heterocycles. The molecule has 1 rings (SSSR count). The van der Waals surface area contributed by atoms with E-state index in [1.807, 2.05) is 18.2 Å². The monoisotopic (exact) mass is 312 g/mol. The van der Waals surface area contributed by atoms with Gasteiger partial charge in [0.1, 0.15) is 5.75 Å². The van der Waals surface area contributed by atoms with Crippen LogP contribution in [-0.2, 0) is 4.79 Å². The van der Waals surface area contributed by atoms with Crippen molar-refractivity contribution in [1.82, 2.24) is 0 Å². The number of carboxylic acid groups (broad SMARTS) is 1. The standard InChI is InChI=1S/C14H17BrO3/c1-10(2)7-8-18-13-5-3-11(9-12(13)15)4-6-14(16)17/h3-6,9-10H,7-8H2,1-2H3,(H,16,17). The van der Waals surface area contributed by atoms with E-state index in [4.69, 9.17) is 9.84 Å². The fraction of sp³-hybridized carbons (Fsp3) is 0.357. The molecular formula is C14H17BrO3. The van der Waals surface area contributed by atoms with E-state index in [1.54, 1.807) is 6.08 Å². The van der Waals surface area contributed by atoms with Crippen molar-refractivity contribution >= 4 is 28.0 Å². The molecule has 0 aliphatic heterocycles. The number of hydrogen-bond acceptors (Lipinski definition) is 2. The van der Waals surface area contributed by atoms with Crippen LogP contribution in [0.5, 0.6) is 5.75 Å². The normalized spacial score (nSPS) is 11.1. The molecule has 0 heterocycles. The van der Waals surface area contributed by atoms with Gasteiger partial charge in [-0.2, -0.15) is 0 Å². The topological polar surface area (TPSA) is 46.5 Å². The summed E-state index contributed by atoms with van der Waals surface area (Å²) < 4.78 is 6.47. The summed E-state index contributed by atoms with van der Waals surface area (Å²) >= 11 is 3.42. The minimum atomic E-state index is -0.955. The molecule has 0 atom stereocenters. The third-order valence-corrected chi connectivity index (χ3v) is 2.95. The number of benzene rings is 1. The minimum Gasteiger partial charge on any atom is -0.492 e. The first kappa shape index (κ1) is 14.8. The van der Waals surface area contributed by atoms with Crippen LogP contribution in [0.15, 0.2) is 28.7 Å². The summed E-state index contributed by atoms with van der Waals surface area (Å²) in [5.41, 5.74) is 0.820. The van der Waals surface area contributed by atoms with Crippen LogP contribution >= 0.6 is 15.9 Å². The van der Waals surface area contributed by atoms with Gasteiger partial charge in [0.2, 0.25) is 0 Å². The van der Waals surface area contributed by atoms with Gasteiger partial charge in [-0.25, -0.2) is 4.79 Å². The van der Waals surface area contributed by atoms with Crippen molar-refractivity contribution in [3.8, 4) is 5.75 Å². The molecule has 3 nitrogen and oxygen atoms in total. The quantitative estimate of drug-likeness (QED) is 0.808. The third-order valence-electron chi connectivity index (χ3n) is 2.33. The number of rotatable bonds is 6. The minimum absolute atomic E-state index is 0.613. The van der Waals surface area contributed by atoms with E-state index in [1.165, 1.54) is 0 Å². The molecule has 0 aliphatic carbocycles. The Morgan fingerprint density at radius 1 is 1.50 bits per heavy atom. The van der Waals surface area contributed by atoms with Gasteiger partial charge in [-0.3, -0.25) is 0 Å². The van der Waals surface area contributed by atoms with Crippen LogP contribution in [0.2, 0.25) is 0 Å². The van der Waals surface area contributed by atoms with Gasteiger partial charge in [-0.05, 0) is 52.0 Å². The predicted molar refractivity (Wildman–Crippen MR) is 75.8 cm³/mol. The lowest BCUT2D eigenvalue weighted by atomic mass is 10.1. The van der Waals surface area contributed by atoms with Crippen LogP contribution in [0.3, 0.4) is 0 Å². The van der Waals surface area contributed by atoms with Crippen LogP contribution in [0.4, 0.5) is 0 Å². The summed E-state index contributed by atoms with van der Waals surface area (Å²) in [7, 11) is 0. The molecule has 98 valence electrons. The van der Waals surface area contributed by atoms with Gasteiger partial charge >= 0.3 is 5.97 Å². The maximum atomic E-state index is 10.4. The molecule has 0 saturated heterocycles. The molecule has 0 bridgehead atoms. The van der Waals surface area contributed by atoms with E-state index in [0.29, 0.717) is 12.5 Å². The van der Waals surface area contributed by atoms with Crippen LogP contribution in [-0.4, -0.2) is 17.7 Å². The average molecular weight is 313 g/mol. The molecule has 0 unspecified atom stereocenters. The van der Waals surface area contributed by atoms with Gasteiger partial charge < -0.3 is 9.84 Å². The largest absolute Gasteiger partial charge is 0.492 e. The molecule has 0 fully saturated rings. The van der Waals surface area contributed by atoms with Crippen molar-refractivity contribution in [2.75, 3.05) is 6.61 Å². The average Bonchev–Trinajstić information content (AvgIpc) is 2.28. The van der Waals surface area contributed by atoms with Gasteiger partial charge in [0.15, 0.2) is 0 Å². The van der Waals surface area contributed by atoms with Crippen molar-refractivity contribution in [3.05, 3.63) is 34.3 Å². The van der Waals surface area contributed by atoms with Gasteiger partial charge in [0.25, 0.3) is 0 Å². The van der Waals surface area contributed by atoms with Gasteiger partial charge in [-0.1, -0.05) is 19.9 Å². The number of ether oxygens (including phenoxy) is 1. The molecule has 18 heavy (non-hydrogen) atoms. The first-order chi connectivity index (χ1) is 8.49. The molecule has 0 aliphatic rings. The molecular weight excluding hydrogens is 296 g/mol. The molecule has 1 N–H and O–H groups in total. The highest BCUT2D eigenvalue weighted by atomic mass is 79.9. The van der Waals surface area contributed by atoms with Crippen LogP contribution in [0, 0.1) is 5.92 Å². The zero-order chi connectivity index (χ0) is 13.5. The maximum absolute atomic E-state index is 10.4. The summed E-state index contributed by atoms with van der Waals surface area (Å²) in [5, 5.41) is 8.54. The maximum Gasteiger partial charge on any atom is 0.328 e. The number of aliphatic carboxylic acids is 1. The lowest BCUT2D eigenvalue weighted by molar-refractivity contribution is -0.131. The zero-order valence-electron chi connectivity index (χ0n) is 10.5. The van der Waals surface area contributed by atoms with Crippen molar-refractivity contribution in [1.29, 1.82) is 0 Å². The lowest BCUT2D eigenvalue weighted by Crippen LogP contribution is -2.01. The van der Waals surface area contributed by atoms with E-state index < -0.39 is 5.97 Å². The Morgan fingerprint density at radius 2 is 2.22 bits per heavy atom. The van der Waals surface area contributed by atoms with E-state index in [2.05, 4.69) is 29.8 Å². The van der Waals surface area contributed by atoms with Crippen molar-refractivity contribution < 1.29 is 14.6 Å². The summed E-state index contributed by atoms with van der Waals surface area (Å²) in [4.78, 5) is 10.4. The Morgan fingerprint density at radius 3 is 2.78 bits per heavy atom. The highest BCUT2D eigenvalue weighted by Gasteiger charge is 2.02. The highest BCUT2D eigenvalue weighted by Crippen LogP contribution is 2.26. The molecule has 1 aromatic carbocycles. The smallest absolute Gasteiger partial charge is 0.328 e. The molecule has 1 aromatic rings. The van der Waals surface area contributed by atoms with Gasteiger partial charge in [-0.15, -0.1) is 0 Å².